The topological polar surface area (TPSA) is 63.1 Å². The molecule has 1 aromatic heterocycles. The number of rotatable bonds is 7. The van der Waals surface area contributed by atoms with Crippen molar-refractivity contribution in [1.82, 2.24) is 25.0 Å². The largest absolute Gasteiger partial charge is 0.354 e. The lowest BCUT2D eigenvalue weighted by molar-refractivity contribution is -0.118. The highest BCUT2D eigenvalue weighted by Crippen LogP contribution is 2.27. The van der Waals surface area contributed by atoms with Gasteiger partial charge in [-0.15, -0.1) is 10.2 Å². The molecule has 0 aliphatic carbocycles. The van der Waals surface area contributed by atoms with E-state index in [1.165, 1.54) is 30.2 Å². The first-order valence-electron chi connectivity index (χ1n) is 8.73. The fraction of sp³-hybridized carbons (Fsp3) is 0.500. The summed E-state index contributed by atoms with van der Waals surface area (Å²) >= 11 is 1.41. The number of aryl methyl sites for hydroxylation is 1. The number of thioether (sulfide) groups is 1. The van der Waals surface area contributed by atoms with Crippen LogP contribution in [0.2, 0.25) is 0 Å². The third-order valence-electron chi connectivity index (χ3n) is 4.61. The van der Waals surface area contributed by atoms with Crippen molar-refractivity contribution in [2.24, 2.45) is 7.05 Å². The molecule has 0 bridgehead atoms. The van der Waals surface area contributed by atoms with Gasteiger partial charge in [-0.3, -0.25) is 4.79 Å². The molecular formula is C18H25N5OS. The Bertz CT molecular complexity index is 667. The number of carbonyl (C=O) groups is 1. The summed E-state index contributed by atoms with van der Waals surface area (Å²) in [7, 11) is 1.87. The number of piperidine rings is 1. The Balaban J connectivity index is 1.31. The van der Waals surface area contributed by atoms with Crippen molar-refractivity contribution < 1.29 is 4.79 Å². The number of likely N-dealkylation sites (tertiary alicyclic amines) is 1. The van der Waals surface area contributed by atoms with E-state index in [-0.39, 0.29) is 5.91 Å². The standard InChI is InChI=1S/C18H25N5OS/c1-22-14-20-21-18(22)25-13-17(24)19-9-12-23-10-7-16(8-11-23)15-5-3-2-4-6-15/h2-6,14,16H,7-13H2,1H3,(H,19,24). The minimum Gasteiger partial charge on any atom is -0.354 e. The number of nitrogens with zero attached hydrogens (tertiary/aromatic N) is 4. The number of benzene rings is 1. The molecule has 1 aliphatic rings. The second-order valence-electron chi connectivity index (χ2n) is 6.39. The predicted molar refractivity (Wildman–Crippen MR) is 99.6 cm³/mol. The smallest absolute Gasteiger partial charge is 0.230 e. The minimum atomic E-state index is 0.0483. The van der Waals surface area contributed by atoms with Gasteiger partial charge in [0.05, 0.1) is 5.75 Å². The first kappa shape index (κ1) is 17.9. The van der Waals surface area contributed by atoms with E-state index in [0.29, 0.717) is 18.2 Å². The predicted octanol–water partition coefficient (Wildman–Crippen LogP) is 1.90. The third kappa shape index (κ3) is 5.31. The van der Waals surface area contributed by atoms with E-state index in [1.807, 2.05) is 11.6 Å². The number of hydrogen-bond donors (Lipinski definition) is 1. The summed E-state index contributed by atoms with van der Waals surface area (Å²) in [5, 5.41) is 11.5. The lowest BCUT2D eigenvalue weighted by Crippen LogP contribution is -2.39. The Morgan fingerprint density at radius 3 is 2.72 bits per heavy atom. The summed E-state index contributed by atoms with van der Waals surface area (Å²) in [6, 6.07) is 10.8. The average Bonchev–Trinajstić information content (AvgIpc) is 3.06. The van der Waals surface area contributed by atoms with E-state index in [9.17, 15) is 4.79 Å². The number of hydrogen-bond acceptors (Lipinski definition) is 5. The van der Waals surface area contributed by atoms with Crippen LogP contribution < -0.4 is 5.32 Å². The van der Waals surface area contributed by atoms with Gasteiger partial charge in [-0.1, -0.05) is 42.1 Å². The maximum atomic E-state index is 11.9. The van der Waals surface area contributed by atoms with E-state index >= 15 is 0 Å². The molecule has 1 saturated heterocycles. The van der Waals surface area contributed by atoms with Gasteiger partial charge in [-0.2, -0.15) is 0 Å². The number of carbonyl (C=O) groups excluding carboxylic acids is 1. The van der Waals surface area contributed by atoms with Crippen LogP contribution in [0.1, 0.15) is 24.3 Å². The van der Waals surface area contributed by atoms with Gasteiger partial charge < -0.3 is 14.8 Å². The van der Waals surface area contributed by atoms with Gasteiger partial charge in [0.15, 0.2) is 5.16 Å². The van der Waals surface area contributed by atoms with Crippen molar-refractivity contribution >= 4 is 17.7 Å². The molecule has 2 aromatic rings. The third-order valence-corrected chi connectivity index (χ3v) is 5.65. The van der Waals surface area contributed by atoms with Gasteiger partial charge in [-0.05, 0) is 37.4 Å². The van der Waals surface area contributed by atoms with Crippen LogP contribution >= 0.6 is 11.8 Å². The zero-order valence-electron chi connectivity index (χ0n) is 14.6. The van der Waals surface area contributed by atoms with E-state index in [4.69, 9.17) is 0 Å². The fourth-order valence-electron chi connectivity index (χ4n) is 3.15. The number of aromatic nitrogens is 3. The second-order valence-corrected chi connectivity index (χ2v) is 7.33. The van der Waals surface area contributed by atoms with Crippen LogP contribution in [0.15, 0.2) is 41.8 Å². The molecule has 0 unspecified atom stereocenters. The van der Waals surface area contributed by atoms with Crippen molar-refractivity contribution in [2.75, 3.05) is 31.9 Å². The Morgan fingerprint density at radius 2 is 2.04 bits per heavy atom. The van der Waals surface area contributed by atoms with Crippen LogP contribution in [-0.4, -0.2) is 57.5 Å². The molecule has 0 atom stereocenters. The van der Waals surface area contributed by atoms with Gasteiger partial charge in [0.2, 0.25) is 5.91 Å². The van der Waals surface area contributed by atoms with Crippen LogP contribution in [-0.2, 0) is 11.8 Å². The van der Waals surface area contributed by atoms with Crippen molar-refractivity contribution in [2.45, 2.75) is 23.9 Å². The van der Waals surface area contributed by atoms with Crippen LogP contribution in [0.5, 0.6) is 0 Å². The summed E-state index contributed by atoms with van der Waals surface area (Å²) < 4.78 is 1.81. The molecule has 1 aromatic carbocycles. The molecule has 6 nitrogen and oxygen atoms in total. The molecular weight excluding hydrogens is 334 g/mol. The Kier molecular flexibility index (Phi) is 6.47. The van der Waals surface area contributed by atoms with Crippen molar-refractivity contribution in [3.63, 3.8) is 0 Å². The highest BCUT2D eigenvalue weighted by Gasteiger charge is 2.20. The molecule has 0 spiro atoms. The normalized spacial score (nSPS) is 16.0. The second kappa shape index (κ2) is 9.01. The van der Waals surface area contributed by atoms with Gasteiger partial charge in [0.25, 0.3) is 0 Å². The summed E-state index contributed by atoms with van der Waals surface area (Å²) in [4.78, 5) is 14.4. The summed E-state index contributed by atoms with van der Waals surface area (Å²) in [5.74, 6) is 1.10. The number of amides is 1. The van der Waals surface area contributed by atoms with Crippen LogP contribution in [0, 0.1) is 0 Å². The van der Waals surface area contributed by atoms with Crippen molar-refractivity contribution in [3.8, 4) is 0 Å². The SMILES string of the molecule is Cn1cnnc1SCC(=O)NCCN1CCC(c2ccccc2)CC1. The van der Waals surface area contributed by atoms with Gasteiger partial charge in [-0.25, -0.2) is 0 Å². The van der Waals surface area contributed by atoms with E-state index in [2.05, 4.69) is 50.7 Å². The van der Waals surface area contributed by atoms with Crippen molar-refractivity contribution in [3.05, 3.63) is 42.2 Å². The molecule has 1 aliphatic heterocycles. The molecule has 7 heteroatoms. The highest BCUT2D eigenvalue weighted by molar-refractivity contribution is 7.99. The first-order valence-corrected chi connectivity index (χ1v) is 9.71. The highest BCUT2D eigenvalue weighted by atomic mass is 32.2. The molecule has 1 amide bonds. The van der Waals surface area contributed by atoms with Gasteiger partial charge >= 0.3 is 0 Å². The molecule has 3 rings (SSSR count). The molecule has 1 N–H and O–H groups in total. The Hall–Kier alpha value is -1.86. The van der Waals surface area contributed by atoms with Crippen LogP contribution in [0.4, 0.5) is 0 Å². The molecule has 134 valence electrons. The zero-order chi connectivity index (χ0) is 17.5. The molecule has 1 fully saturated rings. The van der Waals surface area contributed by atoms with E-state index in [0.717, 1.165) is 24.8 Å². The van der Waals surface area contributed by atoms with Crippen LogP contribution in [0.25, 0.3) is 0 Å². The molecule has 25 heavy (non-hydrogen) atoms. The molecule has 2 heterocycles. The maximum Gasteiger partial charge on any atom is 0.230 e. The quantitative estimate of drug-likeness (QED) is 0.765. The first-order chi connectivity index (χ1) is 12.2. The Morgan fingerprint density at radius 1 is 1.28 bits per heavy atom. The lowest BCUT2D eigenvalue weighted by atomic mass is 9.89. The van der Waals surface area contributed by atoms with Crippen LogP contribution in [0.3, 0.4) is 0 Å². The van der Waals surface area contributed by atoms with E-state index < -0.39 is 0 Å². The summed E-state index contributed by atoms with van der Waals surface area (Å²) in [6.45, 7) is 3.82. The lowest BCUT2D eigenvalue weighted by Gasteiger charge is -2.32. The molecule has 0 radical (unpaired) electrons. The van der Waals surface area contributed by atoms with Crippen molar-refractivity contribution in [1.29, 1.82) is 0 Å². The van der Waals surface area contributed by atoms with Gasteiger partial charge in [0, 0.05) is 20.1 Å². The molecule has 0 saturated carbocycles. The minimum absolute atomic E-state index is 0.0483. The average molecular weight is 359 g/mol. The monoisotopic (exact) mass is 359 g/mol. The number of nitrogens with one attached hydrogen (secondary N) is 1. The zero-order valence-corrected chi connectivity index (χ0v) is 15.4. The summed E-state index contributed by atoms with van der Waals surface area (Å²) in [6.07, 6.45) is 4.03. The Labute approximate surface area is 153 Å². The van der Waals surface area contributed by atoms with E-state index in [1.54, 1.807) is 6.33 Å². The van der Waals surface area contributed by atoms with Gasteiger partial charge in [0.1, 0.15) is 6.33 Å². The summed E-state index contributed by atoms with van der Waals surface area (Å²) in [5.41, 5.74) is 1.45. The fourth-order valence-corrected chi connectivity index (χ4v) is 3.87. The maximum absolute atomic E-state index is 11.9.